The summed E-state index contributed by atoms with van der Waals surface area (Å²) in [5.74, 6) is 3.04. The first-order chi connectivity index (χ1) is 15.5. The number of methoxy groups -OCH3 is 2. The summed E-state index contributed by atoms with van der Waals surface area (Å²) in [5, 5.41) is 0. The van der Waals surface area contributed by atoms with Crippen LogP contribution < -0.4 is 14.2 Å². The molecule has 1 aliphatic heterocycles. The molecule has 0 spiro atoms. The summed E-state index contributed by atoms with van der Waals surface area (Å²) in [6.45, 7) is 5.74. The number of esters is 1. The third-order valence-corrected chi connectivity index (χ3v) is 9.68. The molecule has 1 aromatic carbocycles. The zero-order valence-electron chi connectivity index (χ0n) is 19.5. The number of ether oxygens (including phenoxy) is 4. The lowest BCUT2D eigenvalue weighted by Gasteiger charge is -2.57. The minimum Gasteiger partial charge on any atom is -0.493 e. The molecule has 4 aliphatic carbocycles. The molecule has 2 bridgehead atoms. The van der Waals surface area contributed by atoms with Gasteiger partial charge in [0.15, 0.2) is 11.5 Å². The third kappa shape index (κ3) is 2.09. The standard InChI is InChI=1S/C27H32O5/c1-5-26-10-11-27(15-19(26)24(28)30-4)18-7-6-16-14-20(29-3)22-23(32-13-12-31-22)21(16)17(18)8-9-25(26,27)2/h10-11,14-15,17-18H,5-9,12-13H2,1-4H3/t17-,18+,25+,26+,27?/m0/s1. The molecule has 170 valence electrons. The molecule has 6 rings (SSSR count). The number of carbonyl (C=O) groups is 1. The summed E-state index contributed by atoms with van der Waals surface area (Å²) in [6, 6.07) is 2.16. The lowest BCUT2D eigenvalue weighted by Crippen LogP contribution is -2.51. The fraction of sp³-hybridized carbons (Fsp3) is 0.593. The van der Waals surface area contributed by atoms with Crippen molar-refractivity contribution in [3.05, 3.63) is 41.0 Å². The third-order valence-electron chi connectivity index (χ3n) is 9.68. The zero-order chi connectivity index (χ0) is 22.3. The summed E-state index contributed by atoms with van der Waals surface area (Å²) < 4.78 is 23.2. The maximum Gasteiger partial charge on any atom is 0.334 e. The van der Waals surface area contributed by atoms with Gasteiger partial charge in [0.1, 0.15) is 13.2 Å². The Labute approximate surface area is 189 Å². The highest BCUT2D eigenvalue weighted by Crippen LogP contribution is 2.78. The fourth-order valence-electron chi connectivity index (χ4n) is 8.21. The first kappa shape index (κ1) is 20.2. The molecule has 32 heavy (non-hydrogen) atoms. The van der Waals surface area contributed by atoms with Crippen molar-refractivity contribution in [1.29, 1.82) is 0 Å². The Morgan fingerprint density at radius 3 is 2.66 bits per heavy atom. The van der Waals surface area contributed by atoms with Gasteiger partial charge in [-0.05, 0) is 61.0 Å². The van der Waals surface area contributed by atoms with E-state index in [9.17, 15) is 4.79 Å². The average molecular weight is 437 g/mol. The number of benzene rings is 1. The van der Waals surface area contributed by atoms with Crippen molar-refractivity contribution in [3.63, 3.8) is 0 Å². The molecule has 1 unspecified atom stereocenters. The lowest BCUT2D eigenvalue weighted by atomic mass is 9.45. The average Bonchev–Trinajstić information content (AvgIpc) is 3.23. The number of hydrogen-bond acceptors (Lipinski definition) is 5. The van der Waals surface area contributed by atoms with E-state index in [0.717, 1.165) is 54.9 Å². The summed E-state index contributed by atoms with van der Waals surface area (Å²) in [5.41, 5.74) is 3.15. The number of rotatable bonds is 3. The van der Waals surface area contributed by atoms with Crippen LogP contribution in [0.1, 0.15) is 56.6 Å². The van der Waals surface area contributed by atoms with Crippen LogP contribution in [0.3, 0.4) is 0 Å². The maximum absolute atomic E-state index is 12.9. The van der Waals surface area contributed by atoms with Crippen LogP contribution in [0.4, 0.5) is 0 Å². The predicted octanol–water partition coefficient (Wildman–Crippen LogP) is 4.98. The summed E-state index contributed by atoms with van der Waals surface area (Å²) in [6.07, 6.45) is 12.2. The van der Waals surface area contributed by atoms with Gasteiger partial charge in [0.05, 0.1) is 14.2 Å². The molecule has 0 aromatic heterocycles. The molecule has 1 heterocycles. The molecule has 1 saturated carbocycles. The van der Waals surface area contributed by atoms with E-state index in [1.54, 1.807) is 7.11 Å². The minimum absolute atomic E-state index is 0.000826. The van der Waals surface area contributed by atoms with Crippen LogP contribution in [0.2, 0.25) is 0 Å². The van der Waals surface area contributed by atoms with E-state index in [2.05, 4.69) is 38.1 Å². The molecule has 5 aliphatic rings. The van der Waals surface area contributed by atoms with Crippen LogP contribution in [0.5, 0.6) is 17.2 Å². The number of allylic oxidation sites excluding steroid dienone is 3. The van der Waals surface area contributed by atoms with Gasteiger partial charge in [-0.15, -0.1) is 0 Å². The fourth-order valence-corrected chi connectivity index (χ4v) is 8.21. The van der Waals surface area contributed by atoms with Crippen LogP contribution in [0.15, 0.2) is 29.9 Å². The Hall–Kier alpha value is -2.43. The van der Waals surface area contributed by atoms with Gasteiger partial charge >= 0.3 is 5.97 Å². The molecule has 0 N–H and O–H groups in total. The van der Waals surface area contributed by atoms with E-state index in [4.69, 9.17) is 18.9 Å². The van der Waals surface area contributed by atoms with Gasteiger partial charge in [0.25, 0.3) is 0 Å². The topological polar surface area (TPSA) is 54.0 Å². The highest BCUT2D eigenvalue weighted by atomic mass is 16.6. The predicted molar refractivity (Wildman–Crippen MR) is 120 cm³/mol. The quantitative estimate of drug-likeness (QED) is 0.494. The number of fused-ring (bicyclic) bond motifs is 5. The molecule has 0 radical (unpaired) electrons. The molecule has 0 saturated heterocycles. The second-order valence-electron chi connectivity index (χ2n) is 10.3. The van der Waals surface area contributed by atoms with E-state index in [-0.39, 0.29) is 22.2 Å². The smallest absolute Gasteiger partial charge is 0.334 e. The second kappa shape index (κ2) is 6.55. The second-order valence-corrected chi connectivity index (χ2v) is 10.3. The Morgan fingerprint density at radius 1 is 1.16 bits per heavy atom. The molecule has 5 heteroatoms. The summed E-state index contributed by atoms with van der Waals surface area (Å²) in [4.78, 5) is 12.9. The van der Waals surface area contributed by atoms with E-state index in [1.807, 2.05) is 0 Å². The normalized spacial score (nSPS) is 37.8. The Balaban J connectivity index is 1.52. The van der Waals surface area contributed by atoms with Gasteiger partial charge in [-0.2, -0.15) is 0 Å². The number of aryl methyl sites for hydroxylation is 1. The van der Waals surface area contributed by atoms with Crippen molar-refractivity contribution in [2.24, 2.45) is 22.2 Å². The number of carbonyl (C=O) groups excluding carboxylic acids is 1. The Kier molecular flexibility index (Phi) is 4.14. The lowest BCUT2D eigenvalue weighted by molar-refractivity contribution is -0.138. The van der Waals surface area contributed by atoms with Crippen molar-refractivity contribution in [2.75, 3.05) is 27.4 Å². The van der Waals surface area contributed by atoms with Crippen molar-refractivity contribution in [2.45, 2.75) is 51.9 Å². The molecule has 1 aromatic rings. The van der Waals surface area contributed by atoms with Crippen LogP contribution in [-0.2, 0) is 16.0 Å². The van der Waals surface area contributed by atoms with Crippen molar-refractivity contribution in [3.8, 4) is 17.2 Å². The summed E-state index contributed by atoms with van der Waals surface area (Å²) in [7, 11) is 3.20. The van der Waals surface area contributed by atoms with Gasteiger partial charge in [0.2, 0.25) is 5.75 Å². The Morgan fingerprint density at radius 2 is 1.94 bits per heavy atom. The van der Waals surface area contributed by atoms with Gasteiger partial charge in [0, 0.05) is 22.0 Å². The summed E-state index contributed by atoms with van der Waals surface area (Å²) >= 11 is 0. The minimum atomic E-state index is -0.232. The van der Waals surface area contributed by atoms with Gasteiger partial charge < -0.3 is 18.9 Å². The molecule has 5 atom stereocenters. The van der Waals surface area contributed by atoms with Crippen LogP contribution in [0.25, 0.3) is 0 Å². The SMILES string of the molecule is CC[C@@]12C=CC3(C=C1C(=O)OC)[C@@H]1CCc4cc(OC)c5c(c4[C@H]1CC[C@@]32C)OCCO5. The van der Waals surface area contributed by atoms with E-state index < -0.39 is 0 Å². The van der Waals surface area contributed by atoms with Crippen LogP contribution >= 0.6 is 0 Å². The number of hydrogen-bond donors (Lipinski definition) is 0. The molecular formula is C27H32O5. The van der Waals surface area contributed by atoms with E-state index in [1.165, 1.54) is 18.2 Å². The first-order valence-electron chi connectivity index (χ1n) is 12.0. The van der Waals surface area contributed by atoms with Crippen molar-refractivity contribution >= 4 is 5.97 Å². The first-order valence-corrected chi connectivity index (χ1v) is 12.0. The maximum atomic E-state index is 12.9. The van der Waals surface area contributed by atoms with E-state index >= 15 is 0 Å². The molecular weight excluding hydrogens is 404 g/mol. The monoisotopic (exact) mass is 436 g/mol. The highest BCUT2D eigenvalue weighted by Gasteiger charge is 2.72. The Bertz CT molecular complexity index is 1070. The van der Waals surface area contributed by atoms with Crippen molar-refractivity contribution < 1.29 is 23.7 Å². The molecule has 0 amide bonds. The van der Waals surface area contributed by atoms with Crippen molar-refractivity contribution in [1.82, 2.24) is 0 Å². The van der Waals surface area contributed by atoms with Crippen LogP contribution in [-0.4, -0.2) is 33.4 Å². The van der Waals surface area contributed by atoms with Crippen LogP contribution in [0, 0.1) is 22.2 Å². The molecule has 1 fully saturated rings. The highest BCUT2D eigenvalue weighted by molar-refractivity contribution is 5.93. The van der Waals surface area contributed by atoms with Gasteiger partial charge in [-0.25, -0.2) is 4.79 Å². The van der Waals surface area contributed by atoms with E-state index in [0.29, 0.717) is 25.0 Å². The molecule has 5 nitrogen and oxygen atoms in total. The zero-order valence-corrected chi connectivity index (χ0v) is 19.5. The van der Waals surface area contributed by atoms with Gasteiger partial charge in [-0.3, -0.25) is 0 Å². The largest absolute Gasteiger partial charge is 0.493 e. The van der Waals surface area contributed by atoms with Gasteiger partial charge in [-0.1, -0.05) is 32.1 Å².